The van der Waals surface area contributed by atoms with Crippen molar-refractivity contribution in [1.82, 2.24) is 0 Å². The Morgan fingerprint density at radius 2 is 1.42 bits per heavy atom. The zero-order valence-corrected chi connectivity index (χ0v) is 8.77. The van der Waals surface area contributed by atoms with Crippen LogP contribution in [0.15, 0.2) is 0 Å². The van der Waals surface area contributed by atoms with E-state index in [9.17, 15) is 0 Å². The molecule has 0 aromatic heterocycles. The van der Waals surface area contributed by atoms with Crippen molar-refractivity contribution < 1.29 is 4.48 Å². The Kier molecular flexibility index (Phi) is 1.76. The Hall–Kier alpha value is -0.0400. The van der Waals surface area contributed by atoms with Crippen LogP contribution in [0.4, 0.5) is 0 Å². The molecular weight excluding hydrogens is 146 g/mol. The molecule has 3 aliphatic heterocycles. The van der Waals surface area contributed by atoms with E-state index >= 15 is 0 Å². The van der Waals surface area contributed by atoms with E-state index in [1.54, 1.807) is 0 Å². The summed E-state index contributed by atoms with van der Waals surface area (Å²) in [6.07, 6.45) is 4.43. The summed E-state index contributed by atoms with van der Waals surface area (Å²) in [5.41, 5.74) is 0.731. The molecule has 0 aromatic carbocycles. The zero-order chi connectivity index (χ0) is 8.82. The van der Waals surface area contributed by atoms with Gasteiger partial charge in [-0.3, -0.25) is 0 Å². The molecule has 0 unspecified atom stereocenters. The van der Waals surface area contributed by atoms with Crippen molar-refractivity contribution in [3.05, 3.63) is 0 Å². The van der Waals surface area contributed by atoms with Crippen molar-refractivity contribution in [2.75, 3.05) is 19.6 Å². The third-order valence-corrected chi connectivity index (χ3v) is 4.58. The quantitative estimate of drug-likeness (QED) is 0.527. The molecule has 0 spiro atoms. The Balaban J connectivity index is 2.14. The predicted octanol–water partition coefficient (Wildman–Crippen LogP) is 2.42. The molecule has 70 valence electrons. The molecule has 0 radical (unpaired) electrons. The van der Waals surface area contributed by atoms with E-state index in [0.29, 0.717) is 0 Å². The molecular formula is C11H22N+. The Morgan fingerprint density at radius 1 is 1.00 bits per heavy atom. The number of hydrogen-bond acceptors (Lipinski definition) is 0. The lowest BCUT2D eigenvalue weighted by Crippen LogP contribution is -2.64. The summed E-state index contributed by atoms with van der Waals surface area (Å²) in [7, 11) is 0. The van der Waals surface area contributed by atoms with E-state index in [2.05, 4.69) is 20.8 Å². The summed E-state index contributed by atoms with van der Waals surface area (Å²) in [5, 5.41) is 0. The molecule has 1 heteroatoms. The predicted molar refractivity (Wildman–Crippen MR) is 52.0 cm³/mol. The van der Waals surface area contributed by atoms with Crippen molar-refractivity contribution in [2.45, 2.75) is 46.1 Å². The summed E-state index contributed by atoms with van der Waals surface area (Å²) < 4.78 is 1.43. The van der Waals surface area contributed by atoms with Gasteiger partial charge in [-0.05, 0) is 19.3 Å². The first-order valence-corrected chi connectivity index (χ1v) is 5.42. The molecule has 3 fully saturated rings. The van der Waals surface area contributed by atoms with Gasteiger partial charge in [-0.1, -0.05) is 6.92 Å². The van der Waals surface area contributed by atoms with E-state index in [1.807, 2.05) is 0 Å². The van der Waals surface area contributed by atoms with Gasteiger partial charge in [0.15, 0.2) is 0 Å². The number of fused-ring (bicyclic) bond motifs is 3. The molecule has 12 heavy (non-hydrogen) atoms. The summed E-state index contributed by atoms with van der Waals surface area (Å²) >= 11 is 0. The minimum absolute atomic E-state index is 0.731. The molecule has 0 aliphatic carbocycles. The van der Waals surface area contributed by atoms with Gasteiger partial charge in [0.25, 0.3) is 0 Å². The lowest BCUT2D eigenvalue weighted by atomic mass is 9.72. The molecule has 3 saturated heterocycles. The highest BCUT2D eigenvalue weighted by Crippen LogP contribution is 2.44. The van der Waals surface area contributed by atoms with Crippen molar-refractivity contribution >= 4 is 0 Å². The molecule has 3 rings (SSSR count). The fourth-order valence-corrected chi connectivity index (χ4v) is 2.96. The Bertz CT molecular complexity index is 159. The molecule has 1 nitrogen and oxygen atoms in total. The summed E-state index contributed by atoms with van der Waals surface area (Å²) in [5.74, 6) is 0. The van der Waals surface area contributed by atoms with Crippen molar-refractivity contribution in [1.29, 1.82) is 0 Å². The van der Waals surface area contributed by atoms with Gasteiger partial charge in [-0.25, -0.2) is 0 Å². The monoisotopic (exact) mass is 168 g/mol. The van der Waals surface area contributed by atoms with E-state index in [0.717, 1.165) is 11.5 Å². The first kappa shape index (κ1) is 8.55. The van der Waals surface area contributed by atoms with Crippen molar-refractivity contribution in [3.63, 3.8) is 0 Å². The van der Waals surface area contributed by atoms with E-state index in [4.69, 9.17) is 0 Å². The van der Waals surface area contributed by atoms with Crippen molar-refractivity contribution in [2.24, 2.45) is 5.41 Å². The van der Waals surface area contributed by atoms with Crippen LogP contribution in [0, 0.1) is 5.41 Å². The average molecular weight is 168 g/mol. The van der Waals surface area contributed by atoms with Crippen LogP contribution in [0.5, 0.6) is 0 Å². The third-order valence-electron chi connectivity index (χ3n) is 4.58. The molecule has 2 bridgehead atoms. The maximum Gasteiger partial charge on any atom is 0.0833 e. The smallest absolute Gasteiger partial charge is 0.0833 e. The molecule has 3 heterocycles. The Labute approximate surface area is 76.3 Å². The molecule has 0 saturated carbocycles. The molecule has 0 amide bonds. The second-order valence-corrected chi connectivity index (χ2v) is 5.54. The standard InChI is InChI=1S/C11H22N/c1-10(2)12-7-4-11(3,5-8-12)6-9-12/h10H,4-9H2,1-3H3/q+1. The fourth-order valence-electron chi connectivity index (χ4n) is 2.96. The van der Waals surface area contributed by atoms with Crippen LogP contribution in [0.2, 0.25) is 0 Å². The van der Waals surface area contributed by atoms with Gasteiger partial charge in [0.05, 0.1) is 25.7 Å². The summed E-state index contributed by atoms with van der Waals surface area (Å²) in [4.78, 5) is 0. The number of quaternary nitrogens is 1. The molecule has 0 N–H and O–H groups in total. The Morgan fingerprint density at radius 3 is 1.75 bits per heavy atom. The van der Waals surface area contributed by atoms with Crippen LogP contribution in [0.1, 0.15) is 40.0 Å². The van der Waals surface area contributed by atoms with Crippen LogP contribution in [-0.4, -0.2) is 30.2 Å². The minimum Gasteiger partial charge on any atom is -0.322 e. The van der Waals surface area contributed by atoms with E-state index in [-0.39, 0.29) is 0 Å². The highest BCUT2D eigenvalue weighted by Gasteiger charge is 2.47. The van der Waals surface area contributed by atoms with Crippen LogP contribution in [0.25, 0.3) is 0 Å². The van der Waals surface area contributed by atoms with Crippen LogP contribution >= 0.6 is 0 Å². The molecule has 0 atom stereocenters. The lowest BCUT2D eigenvalue weighted by molar-refractivity contribution is -0.963. The number of rotatable bonds is 1. The van der Waals surface area contributed by atoms with Crippen molar-refractivity contribution in [3.8, 4) is 0 Å². The zero-order valence-electron chi connectivity index (χ0n) is 8.77. The van der Waals surface area contributed by atoms with Gasteiger partial charge in [-0.15, -0.1) is 0 Å². The first-order valence-electron chi connectivity index (χ1n) is 5.42. The number of nitrogens with zero attached hydrogens (tertiary/aromatic N) is 1. The average Bonchev–Trinajstić information content (AvgIpc) is 2.06. The van der Waals surface area contributed by atoms with Gasteiger partial charge >= 0.3 is 0 Å². The SMILES string of the molecule is CC(C)[N+]12CCC(C)(CC1)CC2. The normalized spacial score (nSPS) is 47.0. The maximum absolute atomic E-state index is 2.49. The lowest BCUT2D eigenvalue weighted by Gasteiger charge is -2.55. The van der Waals surface area contributed by atoms with Crippen LogP contribution in [-0.2, 0) is 0 Å². The second-order valence-electron chi connectivity index (χ2n) is 5.54. The first-order chi connectivity index (χ1) is 5.56. The van der Waals surface area contributed by atoms with E-state index < -0.39 is 0 Å². The van der Waals surface area contributed by atoms with Gasteiger partial charge in [0.2, 0.25) is 0 Å². The van der Waals surface area contributed by atoms with Gasteiger partial charge in [0, 0.05) is 19.3 Å². The van der Waals surface area contributed by atoms with E-state index in [1.165, 1.54) is 43.4 Å². The molecule has 3 aliphatic rings. The fraction of sp³-hybridized carbons (Fsp3) is 1.00. The second kappa shape index (κ2) is 2.47. The topological polar surface area (TPSA) is 0 Å². The molecule has 0 aromatic rings. The van der Waals surface area contributed by atoms with Crippen LogP contribution < -0.4 is 0 Å². The highest BCUT2D eigenvalue weighted by atomic mass is 15.4. The van der Waals surface area contributed by atoms with Gasteiger partial charge in [-0.2, -0.15) is 0 Å². The van der Waals surface area contributed by atoms with Crippen LogP contribution in [0.3, 0.4) is 0 Å². The largest absolute Gasteiger partial charge is 0.322 e. The highest BCUT2D eigenvalue weighted by molar-refractivity contribution is 4.83. The minimum atomic E-state index is 0.731. The number of hydrogen-bond donors (Lipinski definition) is 0. The third kappa shape index (κ3) is 1.10. The maximum atomic E-state index is 2.49. The number of piperidine rings is 3. The van der Waals surface area contributed by atoms with Gasteiger partial charge < -0.3 is 4.48 Å². The summed E-state index contributed by atoms with van der Waals surface area (Å²) in [6.45, 7) is 11.6. The summed E-state index contributed by atoms with van der Waals surface area (Å²) in [6, 6.07) is 0.856. The van der Waals surface area contributed by atoms with Gasteiger partial charge in [0.1, 0.15) is 0 Å².